The molecule has 1 aromatic rings. The molecule has 1 aliphatic heterocycles. The third-order valence-electron chi connectivity index (χ3n) is 3.68. The molecule has 0 radical (unpaired) electrons. The molecule has 2 fully saturated rings. The van der Waals surface area contributed by atoms with Crippen LogP contribution in [-0.4, -0.2) is 18.0 Å². The first-order valence-corrected chi connectivity index (χ1v) is 6.49. The first kappa shape index (κ1) is 11.9. The molecule has 1 saturated heterocycles. The molecule has 5 heteroatoms. The molecule has 1 heterocycles. The zero-order chi connectivity index (χ0) is 12.7. The highest BCUT2D eigenvalue weighted by molar-refractivity contribution is 6.30. The van der Waals surface area contributed by atoms with Crippen molar-refractivity contribution in [3.63, 3.8) is 0 Å². The predicted octanol–water partition coefficient (Wildman–Crippen LogP) is 1.85. The number of fused-ring (bicyclic) bond motifs is 1. The van der Waals surface area contributed by atoms with Crippen LogP contribution in [-0.2, 0) is 11.3 Å². The van der Waals surface area contributed by atoms with Crippen LogP contribution in [0, 0.1) is 11.7 Å². The van der Waals surface area contributed by atoms with Crippen molar-refractivity contribution in [2.24, 2.45) is 5.92 Å². The molecule has 1 aromatic carbocycles. The van der Waals surface area contributed by atoms with Crippen molar-refractivity contribution in [2.75, 3.05) is 0 Å². The standard InChI is InChI=1S/C13H14ClFN2O/c14-9-3-1-2-7(12(9)15)6-16-13(18)11-5-8-4-10(8)17-11/h1-3,8,10-11,17H,4-6H2,(H,16,18)/t8-,10?,11+/m1/s1. The van der Waals surface area contributed by atoms with Gasteiger partial charge in [0.1, 0.15) is 5.82 Å². The molecular weight excluding hydrogens is 255 g/mol. The quantitative estimate of drug-likeness (QED) is 0.878. The van der Waals surface area contributed by atoms with Gasteiger partial charge in [-0.1, -0.05) is 23.7 Å². The third-order valence-corrected chi connectivity index (χ3v) is 3.97. The van der Waals surface area contributed by atoms with Crippen LogP contribution in [0.5, 0.6) is 0 Å². The topological polar surface area (TPSA) is 41.1 Å². The number of hydrogen-bond donors (Lipinski definition) is 2. The number of amides is 1. The van der Waals surface area contributed by atoms with Crippen molar-refractivity contribution in [3.05, 3.63) is 34.6 Å². The van der Waals surface area contributed by atoms with Gasteiger partial charge in [0.15, 0.2) is 0 Å². The average Bonchev–Trinajstić information content (AvgIpc) is 2.97. The molecule has 96 valence electrons. The van der Waals surface area contributed by atoms with Crippen LogP contribution in [0.25, 0.3) is 0 Å². The Morgan fingerprint density at radius 2 is 2.33 bits per heavy atom. The summed E-state index contributed by atoms with van der Waals surface area (Å²) in [6.45, 7) is 0.179. The summed E-state index contributed by atoms with van der Waals surface area (Å²) in [5, 5.41) is 6.09. The maximum absolute atomic E-state index is 13.6. The van der Waals surface area contributed by atoms with E-state index in [0.29, 0.717) is 17.5 Å². The van der Waals surface area contributed by atoms with Crippen LogP contribution >= 0.6 is 11.6 Å². The summed E-state index contributed by atoms with van der Waals surface area (Å²) in [7, 11) is 0. The molecule has 1 unspecified atom stereocenters. The van der Waals surface area contributed by atoms with E-state index in [1.165, 1.54) is 12.5 Å². The van der Waals surface area contributed by atoms with Gasteiger partial charge >= 0.3 is 0 Å². The minimum atomic E-state index is -0.457. The largest absolute Gasteiger partial charge is 0.351 e. The van der Waals surface area contributed by atoms with Gasteiger partial charge in [0.05, 0.1) is 11.1 Å². The van der Waals surface area contributed by atoms with Gasteiger partial charge in [0.25, 0.3) is 0 Å². The maximum atomic E-state index is 13.6. The Bertz CT molecular complexity index is 484. The Kier molecular flexibility index (Phi) is 2.99. The number of benzene rings is 1. The zero-order valence-electron chi connectivity index (χ0n) is 9.75. The molecule has 0 bridgehead atoms. The Balaban J connectivity index is 1.57. The SMILES string of the molecule is O=C(NCc1cccc(Cl)c1F)[C@@H]1C[C@H]2CC2N1. The van der Waals surface area contributed by atoms with Crippen molar-refractivity contribution in [1.82, 2.24) is 10.6 Å². The zero-order valence-corrected chi connectivity index (χ0v) is 10.5. The van der Waals surface area contributed by atoms with E-state index in [2.05, 4.69) is 10.6 Å². The number of hydrogen-bond acceptors (Lipinski definition) is 2. The van der Waals surface area contributed by atoms with Gasteiger partial charge in [0.2, 0.25) is 5.91 Å². The highest BCUT2D eigenvalue weighted by Crippen LogP contribution is 2.40. The minimum Gasteiger partial charge on any atom is -0.351 e. The second-order valence-corrected chi connectivity index (χ2v) is 5.40. The monoisotopic (exact) mass is 268 g/mol. The molecule has 1 aliphatic carbocycles. The molecule has 1 amide bonds. The molecule has 3 rings (SSSR count). The van der Waals surface area contributed by atoms with Crippen molar-refractivity contribution in [3.8, 4) is 0 Å². The number of carbonyl (C=O) groups excluding carboxylic acids is 1. The van der Waals surface area contributed by atoms with E-state index in [4.69, 9.17) is 11.6 Å². The molecule has 0 aromatic heterocycles. The minimum absolute atomic E-state index is 0.0541. The molecule has 3 nitrogen and oxygen atoms in total. The second-order valence-electron chi connectivity index (χ2n) is 4.99. The van der Waals surface area contributed by atoms with Gasteiger partial charge in [-0.2, -0.15) is 0 Å². The van der Waals surface area contributed by atoms with Gasteiger partial charge in [-0.25, -0.2) is 4.39 Å². The summed E-state index contributed by atoms with van der Waals surface area (Å²) in [4.78, 5) is 11.9. The van der Waals surface area contributed by atoms with E-state index in [-0.39, 0.29) is 23.5 Å². The molecule has 1 saturated carbocycles. The van der Waals surface area contributed by atoms with Crippen molar-refractivity contribution >= 4 is 17.5 Å². The fourth-order valence-corrected chi connectivity index (χ4v) is 2.71. The van der Waals surface area contributed by atoms with E-state index in [1.54, 1.807) is 12.1 Å². The first-order chi connectivity index (χ1) is 8.65. The normalized spacial score (nSPS) is 28.9. The summed E-state index contributed by atoms with van der Waals surface area (Å²) in [6, 6.07) is 5.21. The van der Waals surface area contributed by atoms with Gasteiger partial charge in [-0.05, 0) is 24.8 Å². The Morgan fingerprint density at radius 1 is 1.50 bits per heavy atom. The molecule has 2 aliphatic rings. The first-order valence-electron chi connectivity index (χ1n) is 6.12. The highest BCUT2D eigenvalue weighted by Gasteiger charge is 2.47. The summed E-state index contributed by atoms with van der Waals surface area (Å²) >= 11 is 5.68. The molecule has 0 spiro atoms. The van der Waals surface area contributed by atoms with Crippen LogP contribution in [0.2, 0.25) is 5.02 Å². The summed E-state index contributed by atoms with van der Waals surface area (Å²) in [5.41, 5.74) is 0.416. The van der Waals surface area contributed by atoms with Crippen LogP contribution in [0.3, 0.4) is 0 Å². The lowest BCUT2D eigenvalue weighted by Crippen LogP contribution is -2.41. The lowest BCUT2D eigenvalue weighted by molar-refractivity contribution is -0.123. The van der Waals surface area contributed by atoms with E-state index in [0.717, 1.165) is 6.42 Å². The van der Waals surface area contributed by atoms with Gasteiger partial charge in [-0.3, -0.25) is 4.79 Å². The Hall–Kier alpha value is -1.13. The lowest BCUT2D eigenvalue weighted by atomic mass is 10.1. The van der Waals surface area contributed by atoms with E-state index in [1.807, 2.05) is 0 Å². The maximum Gasteiger partial charge on any atom is 0.237 e. The van der Waals surface area contributed by atoms with Crippen molar-refractivity contribution in [2.45, 2.75) is 31.5 Å². The van der Waals surface area contributed by atoms with E-state index in [9.17, 15) is 9.18 Å². The summed E-state index contributed by atoms with van der Waals surface area (Å²) in [6.07, 6.45) is 2.08. The van der Waals surface area contributed by atoms with Gasteiger partial charge in [0, 0.05) is 18.2 Å². The molecular formula is C13H14ClFN2O. The number of halogens is 2. The van der Waals surface area contributed by atoms with E-state index < -0.39 is 5.82 Å². The fourth-order valence-electron chi connectivity index (χ4n) is 2.51. The summed E-state index contributed by atoms with van der Waals surface area (Å²) in [5.74, 6) is 0.159. The molecule has 2 N–H and O–H groups in total. The predicted molar refractivity (Wildman–Crippen MR) is 66.7 cm³/mol. The Morgan fingerprint density at radius 3 is 3.06 bits per heavy atom. The van der Waals surface area contributed by atoms with Crippen LogP contribution < -0.4 is 10.6 Å². The van der Waals surface area contributed by atoms with Crippen LogP contribution in [0.4, 0.5) is 4.39 Å². The number of carbonyl (C=O) groups is 1. The van der Waals surface area contributed by atoms with Crippen molar-refractivity contribution in [1.29, 1.82) is 0 Å². The van der Waals surface area contributed by atoms with Crippen LogP contribution in [0.15, 0.2) is 18.2 Å². The molecule has 18 heavy (non-hydrogen) atoms. The van der Waals surface area contributed by atoms with Crippen LogP contribution in [0.1, 0.15) is 18.4 Å². The van der Waals surface area contributed by atoms with E-state index >= 15 is 0 Å². The number of rotatable bonds is 3. The van der Waals surface area contributed by atoms with Gasteiger partial charge in [-0.15, -0.1) is 0 Å². The third kappa shape index (κ3) is 2.22. The number of nitrogens with one attached hydrogen (secondary N) is 2. The smallest absolute Gasteiger partial charge is 0.237 e. The average molecular weight is 269 g/mol. The molecule has 3 atom stereocenters. The second kappa shape index (κ2) is 4.52. The lowest BCUT2D eigenvalue weighted by Gasteiger charge is -2.13. The van der Waals surface area contributed by atoms with Gasteiger partial charge < -0.3 is 10.6 Å². The summed E-state index contributed by atoms with van der Waals surface area (Å²) < 4.78 is 13.6. The Labute approximate surface area is 110 Å². The highest BCUT2D eigenvalue weighted by atomic mass is 35.5. The fraction of sp³-hybridized carbons (Fsp3) is 0.462. The number of piperidine rings is 1. The van der Waals surface area contributed by atoms with Crippen molar-refractivity contribution < 1.29 is 9.18 Å².